The Bertz CT molecular complexity index is 456. The van der Waals surface area contributed by atoms with E-state index in [9.17, 15) is 4.79 Å². The quantitative estimate of drug-likeness (QED) is 0.851. The molecule has 1 saturated heterocycles. The number of ether oxygens (including phenoxy) is 1. The number of rotatable bonds is 5. The fourth-order valence-corrected chi connectivity index (χ4v) is 2.61. The average molecular weight is 280 g/mol. The van der Waals surface area contributed by atoms with Crippen molar-refractivity contribution in [1.82, 2.24) is 15.1 Å². The summed E-state index contributed by atoms with van der Waals surface area (Å²) in [4.78, 5) is 12.4. The summed E-state index contributed by atoms with van der Waals surface area (Å²) in [6.07, 6.45) is 5.67. The first kappa shape index (κ1) is 15.0. The molecule has 2 heterocycles. The third kappa shape index (κ3) is 3.58. The zero-order valence-corrected chi connectivity index (χ0v) is 12.5. The lowest BCUT2D eigenvalue weighted by Gasteiger charge is -2.38. The fourth-order valence-electron chi connectivity index (χ4n) is 2.61. The number of piperidine rings is 1. The highest BCUT2D eigenvalue weighted by atomic mass is 16.5. The molecule has 1 amide bonds. The predicted molar refractivity (Wildman–Crippen MR) is 77.5 cm³/mol. The largest absolute Gasteiger partial charge is 0.383 e. The van der Waals surface area contributed by atoms with Crippen molar-refractivity contribution in [3.8, 4) is 0 Å². The third-order valence-corrected chi connectivity index (χ3v) is 3.82. The molecule has 2 N–H and O–H groups in total. The number of anilines is 1. The second-order valence-electron chi connectivity index (χ2n) is 5.95. The van der Waals surface area contributed by atoms with Crippen LogP contribution in [0, 0.1) is 5.41 Å². The molecule has 0 aliphatic carbocycles. The molecule has 6 nitrogen and oxygen atoms in total. The van der Waals surface area contributed by atoms with E-state index in [1.165, 1.54) is 0 Å². The van der Waals surface area contributed by atoms with Crippen LogP contribution in [0.3, 0.4) is 0 Å². The van der Waals surface area contributed by atoms with Crippen LogP contribution in [-0.4, -0.2) is 42.0 Å². The summed E-state index contributed by atoms with van der Waals surface area (Å²) in [6.45, 7) is 6.44. The van der Waals surface area contributed by atoms with Crippen molar-refractivity contribution in [2.45, 2.75) is 39.3 Å². The van der Waals surface area contributed by atoms with Gasteiger partial charge in [0.2, 0.25) is 5.91 Å². The molecule has 1 aromatic heterocycles. The van der Waals surface area contributed by atoms with Crippen LogP contribution in [0.2, 0.25) is 0 Å². The van der Waals surface area contributed by atoms with Gasteiger partial charge < -0.3 is 15.4 Å². The van der Waals surface area contributed by atoms with Crippen LogP contribution in [0.15, 0.2) is 12.4 Å². The van der Waals surface area contributed by atoms with Crippen molar-refractivity contribution in [2.24, 2.45) is 5.41 Å². The van der Waals surface area contributed by atoms with Crippen LogP contribution in [0.25, 0.3) is 0 Å². The maximum atomic E-state index is 12.4. The Hall–Kier alpha value is -1.40. The van der Waals surface area contributed by atoms with Crippen LogP contribution in [0.1, 0.15) is 26.7 Å². The van der Waals surface area contributed by atoms with E-state index >= 15 is 0 Å². The molecule has 0 spiro atoms. The lowest BCUT2D eigenvalue weighted by molar-refractivity contribution is -0.121. The van der Waals surface area contributed by atoms with Gasteiger partial charge in [-0.25, -0.2) is 0 Å². The van der Waals surface area contributed by atoms with Crippen LogP contribution in [0.4, 0.5) is 5.69 Å². The highest BCUT2D eigenvalue weighted by Crippen LogP contribution is 2.30. The first-order valence-electron chi connectivity index (χ1n) is 7.08. The minimum atomic E-state index is -0.154. The van der Waals surface area contributed by atoms with Crippen molar-refractivity contribution >= 4 is 11.6 Å². The summed E-state index contributed by atoms with van der Waals surface area (Å²) < 4.78 is 6.76. The van der Waals surface area contributed by atoms with Gasteiger partial charge in [-0.05, 0) is 24.8 Å². The van der Waals surface area contributed by atoms with Crippen molar-refractivity contribution in [3.05, 3.63) is 12.4 Å². The molecule has 112 valence electrons. The minimum absolute atomic E-state index is 0.0148. The molecule has 20 heavy (non-hydrogen) atoms. The number of nitrogens with one attached hydrogen (secondary N) is 2. The van der Waals surface area contributed by atoms with E-state index in [0.29, 0.717) is 13.2 Å². The van der Waals surface area contributed by atoms with Gasteiger partial charge >= 0.3 is 0 Å². The maximum absolute atomic E-state index is 12.4. The molecular formula is C14H24N4O2. The Labute approximate surface area is 119 Å². The molecule has 1 unspecified atom stereocenters. The lowest BCUT2D eigenvalue weighted by Crippen LogP contribution is -2.53. The van der Waals surface area contributed by atoms with E-state index in [0.717, 1.165) is 25.1 Å². The Morgan fingerprint density at radius 1 is 1.65 bits per heavy atom. The number of carbonyl (C=O) groups excluding carboxylic acids is 1. The summed E-state index contributed by atoms with van der Waals surface area (Å²) in [7, 11) is 1.66. The topological polar surface area (TPSA) is 68.2 Å². The SMILES string of the molecule is COCCn1cc(NC(=O)C2NCCCC2(C)C)cn1. The molecule has 1 aromatic rings. The van der Waals surface area contributed by atoms with Crippen molar-refractivity contribution in [3.63, 3.8) is 0 Å². The van der Waals surface area contributed by atoms with Crippen LogP contribution < -0.4 is 10.6 Å². The monoisotopic (exact) mass is 280 g/mol. The lowest BCUT2D eigenvalue weighted by atomic mass is 9.77. The fraction of sp³-hybridized carbons (Fsp3) is 0.714. The van der Waals surface area contributed by atoms with Crippen LogP contribution >= 0.6 is 0 Å². The predicted octanol–water partition coefficient (Wildman–Crippen LogP) is 1.25. The zero-order valence-electron chi connectivity index (χ0n) is 12.5. The maximum Gasteiger partial charge on any atom is 0.242 e. The number of methoxy groups -OCH3 is 1. The van der Waals surface area contributed by atoms with Gasteiger partial charge in [-0.2, -0.15) is 5.10 Å². The molecule has 2 rings (SSSR count). The highest BCUT2D eigenvalue weighted by molar-refractivity contribution is 5.95. The minimum Gasteiger partial charge on any atom is -0.383 e. The molecular weight excluding hydrogens is 256 g/mol. The van der Waals surface area contributed by atoms with Crippen LogP contribution in [-0.2, 0) is 16.1 Å². The number of aromatic nitrogens is 2. The van der Waals surface area contributed by atoms with Gasteiger partial charge in [-0.3, -0.25) is 9.48 Å². The molecule has 0 saturated carbocycles. The Kier molecular flexibility index (Phi) is 4.77. The van der Waals surface area contributed by atoms with Crippen LogP contribution in [0.5, 0.6) is 0 Å². The van der Waals surface area contributed by atoms with E-state index in [1.54, 1.807) is 18.0 Å². The molecule has 0 aromatic carbocycles. The standard InChI is InChI=1S/C14H24N4O2/c1-14(2)5-4-6-15-12(14)13(19)17-11-9-16-18(10-11)7-8-20-3/h9-10,12,15H,4-8H2,1-3H3,(H,17,19). The van der Waals surface area contributed by atoms with Crippen molar-refractivity contribution < 1.29 is 9.53 Å². The Morgan fingerprint density at radius 2 is 2.45 bits per heavy atom. The summed E-state index contributed by atoms with van der Waals surface area (Å²) in [5.41, 5.74) is 0.711. The molecule has 1 aliphatic rings. The van der Waals surface area contributed by atoms with E-state index < -0.39 is 0 Å². The second kappa shape index (κ2) is 6.37. The number of amides is 1. The molecule has 6 heteroatoms. The Balaban J connectivity index is 1.95. The number of nitrogens with zero attached hydrogens (tertiary/aromatic N) is 2. The third-order valence-electron chi connectivity index (χ3n) is 3.82. The summed E-state index contributed by atoms with van der Waals surface area (Å²) in [6, 6.07) is -0.154. The molecule has 1 fully saturated rings. The number of hydrogen-bond acceptors (Lipinski definition) is 4. The summed E-state index contributed by atoms with van der Waals surface area (Å²) in [5, 5.41) is 10.4. The van der Waals surface area contributed by atoms with Gasteiger partial charge in [0.15, 0.2) is 0 Å². The van der Waals surface area contributed by atoms with E-state index in [-0.39, 0.29) is 17.4 Å². The first-order chi connectivity index (χ1) is 9.53. The first-order valence-corrected chi connectivity index (χ1v) is 7.08. The van der Waals surface area contributed by atoms with E-state index in [2.05, 4.69) is 29.6 Å². The van der Waals surface area contributed by atoms with E-state index in [4.69, 9.17) is 4.74 Å². The summed E-state index contributed by atoms with van der Waals surface area (Å²) >= 11 is 0. The van der Waals surface area contributed by atoms with Gasteiger partial charge in [0.1, 0.15) is 0 Å². The summed E-state index contributed by atoms with van der Waals surface area (Å²) in [5.74, 6) is 0.0148. The molecule has 1 atom stereocenters. The van der Waals surface area contributed by atoms with Gasteiger partial charge in [0, 0.05) is 13.3 Å². The van der Waals surface area contributed by atoms with E-state index in [1.807, 2.05) is 6.20 Å². The number of hydrogen-bond donors (Lipinski definition) is 2. The highest BCUT2D eigenvalue weighted by Gasteiger charge is 2.37. The normalized spacial score (nSPS) is 21.6. The zero-order chi connectivity index (χ0) is 14.6. The van der Waals surface area contributed by atoms with Crippen molar-refractivity contribution in [1.29, 1.82) is 0 Å². The molecule has 1 aliphatic heterocycles. The Morgan fingerprint density at radius 3 is 3.15 bits per heavy atom. The van der Waals surface area contributed by atoms with Gasteiger partial charge in [0.05, 0.1) is 31.1 Å². The van der Waals surface area contributed by atoms with Crippen molar-refractivity contribution in [2.75, 3.05) is 25.6 Å². The number of carbonyl (C=O) groups is 1. The second-order valence-corrected chi connectivity index (χ2v) is 5.95. The van der Waals surface area contributed by atoms with Gasteiger partial charge in [0.25, 0.3) is 0 Å². The smallest absolute Gasteiger partial charge is 0.242 e. The molecule has 0 radical (unpaired) electrons. The van der Waals surface area contributed by atoms with Gasteiger partial charge in [-0.1, -0.05) is 13.8 Å². The van der Waals surface area contributed by atoms with Gasteiger partial charge in [-0.15, -0.1) is 0 Å². The molecule has 0 bridgehead atoms. The average Bonchev–Trinajstić information content (AvgIpc) is 2.83.